The second kappa shape index (κ2) is 6.29. The molecular weight excluding hydrogens is 130 g/mol. The van der Waals surface area contributed by atoms with E-state index in [0.717, 1.165) is 0 Å². The van der Waals surface area contributed by atoms with Crippen LogP contribution in [0.2, 0.25) is 0 Å². The Morgan fingerprint density at radius 2 is 2.40 bits per heavy atom. The molecule has 3 nitrogen and oxygen atoms in total. The van der Waals surface area contributed by atoms with Gasteiger partial charge in [-0.05, 0) is 19.4 Å². The fraction of sp³-hybridized carbons (Fsp3) is 0.571. The van der Waals surface area contributed by atoms with Gasteiger partial charge in [-0.2, -0.15) is 0 Å². The molecular formula is C7H13NO2. The van der Waals surface area contributed by atoms with E-state index in [-0.39, 0.29) is 12.5 Å². The van der Waals surface area contributed by atoms with Crippen molar-refractivity contribution in [3.05, 3.63) is 12.2 Å². The summed E-state index contributed by atoms with van der Waals surface area (Å²) in [7, 11) is 0. The van der Waals surface area contributed by atoms with Crippen LogP contribution in [0, 0.1) is 0 Å². The summed E-state index contributed by atoms with van der Waals surface area (Å²) < 4.78 is 0. The molecule has 0 heterocycles. The number of aliphatic hydroxyl groups excluding tert-OH is 1. The highest BCUT2D eigenvalue weighted by molar-refractivity contribution is 5.87. The average molecular weight is 143 g/mol. The van der Waals surface area contributed by atoms with Gasteiger partial charge in [0.25, 0.3) is 0 Å². The number of carbonyl (C=O) groups excluding carboxylic acids is 1. The molecule has 1 amide bonds. The van der Waals surface area contributed by atoms with E-state index in [1.807, 2.05) is 0 Å². The Balaban J connectivity index is 3.22. The Hall–Kier alpha value is -0.830. The van der Waals surface area contributed by atoms with Gasteiger partial charge in [-0.1, -0.05) is 6.08 Å². The zero-order valence-electron chi connectivity index (χ0n) is 6.13. The molecule has 2 N–H and O–H groups in total. The predicted molar refractivity (Wildman–Crippen MR) is 39.5 cm³/mol. The van der Waals surface area contributed by atoms with Gasteiger partial charge < -0.3 is 10.4 Å². The molecule has 0 fully saturated rings. The number of carbonyl (C=O) groups is 1. The maximum Gasteiger partial charge on any atom is 0.243 e. The van der Waals surface area contributed by atoms with Gasteiger partial charge in [0.15, 0.2) is 0 Å². The summed E-state index contributed by atoms with van der Waals surface area (Å²) in [6.07, 6.45) is 3.74. The van der Waals surface area contributed by atoms with Gasteiger partial charge in [-0.3, -0.25) is 4.79 Å². The van der Waals surface area contributed by atoms with Crippen molar-refractivity contribution < 1.29 is 9.90 Å². The number of amides is 1. The molecule has 3 heteroatoms. The van der Waals surface area contributed by atoms with Gasteiger partial charge in [0.2, 0.25) is 5.91 Å². The third-order valence-corrected chi connectivity index (χ3v) is 0.952. The van der Waals surface area contributed by atoms with E-state index < -0.39 is 0 Å². The first-order valence-corrected chi connectivity index (χ1v) is 3.32. The van der Waals surface area contributed by atoms with Crippen molar-refractivity contribution in [2.24, 2.45) is 0 Å². The summed E-state index contributed by atoms with van der Waals surface area (Å²) in [5, 5.41) is 10.9. The molecule has 0 saturated heterocycles. The van der Waals surface area contributed by atoms with Crippen molar-refractivity contribution in [2.75, 3.05) is 13.2 Å². The molecule has 0 atom stereocenters. The van der Waals surface area contributed by atoms with Crippen LogP contribution in [-0.4, -0.2) is 24.2 Å². The molecule has 0 aliphatic heterocycles. The highest BCUT2D eigenvalue weighted by Crippen LogP contribution is 1.74. The maximum absolute atomic E-state index is 10.6. The minimum atomic E-state index is -0.101. The predicted octanol–water partition coefficient (Wildman–Crippen LogP) is 0.0611. The lowest BCUT2D eigenvalue weighted by atomic mass is 10.4. The molecule has 0 aromatic carbocycles. The Labute approximate surface area is 60.7 Å². The molecule has 0 aromatic heterocycles. The van der Waals surface area contributed by atoms with Crippen LogP contribution in [0.1, 0.15) is 13.3 Å². The van der Waals surface area contributed by atoms with Gasteiger partial charge >= 0.3 is 0 Å². The number of allylic oxidation sites excluding steroid dienone is 1. The summed E-state index contributed by atoms with van der Waals surface area (Å²) in [5.74, 6) is -0.101. The van der Waals surface area contributed by atoms with Crippen LogP contribution < -0.4 is 5.32 Å². The Kier molecular flexibility index (Phi) is 5.77. The molecule has 0 rings (SSSR count). The largest absolute Gasteiger partial charge is 0.396 e. The first-order valence-electron chi connectivity index (χ1n) is 3.32. The highest BCUT2D eigenvalue weighted by atomic mass is 16.3. The molecule has 10 heavy (non-hydrogen) atoms. The third kappa shape index (κ3) is 5.31. The lowest BCUT2D eigenvalue weighted by Gasteiger charge is -1.97. The number of hydrogen-bond donors (Lipinski definition) is 2. The minimum absolute atomic E-state index is 0.101. The molecule has 0 aliphatic carbocycles. The molecule has 58 valence electrons. The molecule has 0 radical (unpaired) electrons. The van der Waals surface area contributed by atoms with E-state index in [9.17, 15) is 4.79 Å². The van der Waals surface area contributed by atoms with Crippen molar-refractivity contribution in [1.82, 2.24) is 5.32 Å². The summed E-state index contributed by atoms with van der Waals surface area (Å²) in [6, 6.07) is 0. The Bertz CT molecular complexity index is 121. The van der Waals surface area contributed by atoms with E-state index in [4.69, 9.17) is 5.11 Å². The van der Waals surface area contributed by atoms with Gasteiger partial charge in [0.1, 0.15) is 0 Å². The van der Waals surface area contributed by atoms with Crippen molar-refractivity contribution in [2.45, 2.75) is 13.3 Å². The molecule has 0 aromatic rings. The SMILES string of the molecule is CC=CC(=O)NCCCO. The average Bonchev–Trinajstić information content (AvgIpc) is 1.89. The lowest BCUT2D eigenvalue weighted by Crippen LogP contribution is -2.22. The number of rotatable bonds is 4. The van der Waals surface area contributed by atoms with Crippen molar-refractivity contribution in [3.8, 4) is 0 Å². The summed E-state index contributed by atoms with van der Waals surface area (Å²) in [4.78, 5) is 10.6. The van der Waals surface area contributed by atoms with Crippen LogP contribution in [0.25, 0.3) is 0 Å². The first-order chi connectivity index (χ1) is 4.81. The molecule has 0 spiro atoms. The molecule has 0 saturated carbocycles. The van der Waals surface area contributed by atoms with Gasteiger partial charge in [-0.25, -0.2) is 0 Å². The topological polar surface area (TPSA) is 49.3 Å². The summed E-state index contributed by atoms with van der Waals surface area (Å²) in [5.41, 5.74) is 0. The Morgan fingerprint density at radius 3 is 2.90 bits per heavy atom. The van der Waals surface area contributed by atoms with Crippen molar-refractivity contribution in [1.29, 1.82) is 0 Å². The van der Waals surface area contributed by atoms with E-state index in [0.29, 0.717) is 13.0 Å². The monoisotopic (exact) mass is 143 g/mol. The molecule has 0 bridgehead atoms. The van der Waals surface area contributed by atoms with Crippen LogP contribution in [-0.2, 0) is 4.79 Å². The lowest BCUT2D eigenvalue weighted by molar-refractivity contribution is -0.116. The number of aliphatic hydroxyl groups is 1. The standard InChI is InChI=1S/C7H13NO2/c1-2-4-7(10)8-5-3-6-9/h2,4,9H,3,5-6H2,1H3,(H,8,10). The van der Waals surface area contributed by atoms with Gasteiger partial charge in [-0.15, -0.1) is 0 Å². The van der Waals surface area contributed by atoms with Crippen molar-refractivity contribution >= 4 is 5.91 Å². The first kappa shape index (κ1) is 9.17. The zero-order valence-corrected chi connectivity index (χ0v) is 6.13. The second-order valence-electron chi connectivity index (χ2n) is 1.87. The van der Waals surface area contributed by atoms with Crippen molar-refractivity contribution in [3.63, 3.8) is 0 Å². The van der Waals surface area contributed by atoms with Crippen LogP contribution in [0.3, 0.4) is 0 Å². The number of hydrogen-bond acceptors (Lipinski definition) is 2. The van der Waals surface area contributed by atoms with Crippen LogP contribution >= 0.6 is 0 Å². The second-order valence-corrected chi connectivity index (χ2v) is 1.87. The van der Waals surface area contributed by atoms with Crippen LogP contribution in [0.15, 0.2) is 12.2 Å². The third-order valence-electron chi connectivity index (χ3n) is 0.952. The fourth-order valence-corrected chi connectivity index (χ4v) is 0.501. The van der Waals surface area contributed by atoms with E-state index in [1.54, 1.807) is 13.0 Å². The van der Waals surface area contributed by atoms with E-state index >= 15 is 0 Å². The molecule has 0 aliphatic rings. The van der Waals surface area contributed by atoms with E-state index in [2.05, 4.69) is 5.32 Å². The zero-order chi connectivity index (χ0) is 7.82. The highest BCUT2D eigenvalue weighted by Gasteiger charge is 1.90. The van der Waals surface area contributed by atoms with Gasteiger partial charge in [0.05, 0.1) is 0 Å². The number of nitrogens with one attached hydrogen (secondary N) is 1. The summed E-state index contributed by atoms with van der Waals surface area (Å²) in [6.45, 7) is 2.45. The Morgan fingerprint density at radius 1 is 1.70 bits per heavy atom. The van der Waals surface area contributed by atoms with Crippen LogP contribution in [0.5, 0.6) is 0 Å². The van der Waals surface area contributed by atoms with E-state index in [1.165, 1.54) is 6.08 Å². The quantitative estimate of drug-likeness (QED) is 0.432. The molecule has 0 unspecified atom stereocenters. The fourth-order valence-electron chi connectivity index (χ4n) is 0.501. The smallest absolute Gasteiger partial charge is 0.243 e. The van der Waals surface area contributed by atoms with Crippen LogP contribution in [0.4, 0.5) is 0 Å². The summed E-state index contributed by atoms with van der Waals surface area (Å²) >= 11 is 0. The van der Waals surface area contributed by atoms with Gasteiger partial charge in [0, 0.05) is 13.2 Å². The minimum Gasteiger partial charge on any atom is -0.396 e. The normalized spacial score (nSPS) is 10.2. The maximum atomic E-state index is 10.6.